The van der Waals surface area contributed by atoms with Crippen molar-refractivity contribution in [2.45, 2.75) is 19.8 Å². The normalized spacial score (nSPS) is 10.9. The molecule has 0 spiro atoms. The molecule has 3 rings (SSSR count). The van der Waals surface area contributed by atoms with Gasteiger partial charge in [-0.3, -0.25) is 4.98 Å². The molecule has 0 amide bonds. The van der Waals surface area contributed by atoms with Crippen LogP contribution in [0.4, 0.5) is 0 Å². The standard InChI is InChI=1S/C16H14N2O3/c1-2-4-13-14(16(19)20)15(18-21-13)11-6-7-12-10(9-11)5-3-8-17-12/h3,5-9H,2,4H2,1H3,(H,19,20). The van der Waals surface area contributed by atoms with Crippen LogP contribution in [-0.2, 0) is 6.42 Å². The highest BCUT2D eigenvalue weighted by atomic mass is 16.5. The van der Waals surface area contributed by atoms with E-state index >= 15 is 0 Å². The van der Waals surface area contributed by atoms with Crippen molar-refractivity contribution < 1.29 is 14.4 Å². The Balaban J connectivity index is 2.15. The molecule has 2 heterocycles. The van der Waals surface area contributed by atoms with Gasteiger partial charge in [-0.05, 0) is 24.6 Å². The molecule has 2 aromatic heterocycles. The maximum atomic E-state index is 11.5. The van der Waals surface area contributed by atoms with Crippen LogP contribution < -0.4 is 0 Å². The summed E-state index contributed by atoms with van der Waals surface area (Å²) in [7, 11) is 0. The minimum Gasteiger partial charge on any atom is -0.477 e. The molecule has 0 bridgehead atoms. The van der Waals surface area contributed by atoms with E-state index in [1.807, 2.05) is 37.3 Å². The van der Waals surface area contributed by atoms with Gasteiger partial charge in [0.1, 0.15) is 11.3 Å². The van der Waals surface area contributed by atoms with Crippen molar-refractivity contribution in [1.82, 2.24) is 10.1 Å². The Labute approximate surface area is 121 Å². The van der Waals surface area contributed by atoms with E-state index in [2.05, 4.69) is 10.1 Å². The van der Waals surface area contributed by atoms with Crippen LogP contribution in [0.2, 0.25) is 0 Å². The Hall–Kier alpha value is -2.69. The number of hydrogen-bond acceptors (Lipinski definition) is 4. The molecule has 0 radical (unpaired) electrons. The Kier molecular flexibility index (Phi) is 3.39. The molecule has 0 unspecified atom stereocenters. The van der Waals surface area contributed by atoms with Crippen molar-refractivity contribution >= 4 is 16.9 Å². The predicted molar refractivity (Wildman–Crippen MR) is 78.2 cm³/mol. The molecule has 0 aliphatic rings. The first kappa shape index (κ1) is 13.3. The monoisotopic (exact) mass is 282 g/mol. The summed E-state index contributed by atoms with van der Waals surface area (Å²) in [5.41, 5.74) is 2.10. The third-order valence-corrected chi connectivity index (χ3v) is 3.33. The number of rotatable bonds is 4. The summed E-state index contributed by atoms with van der Waals surface area (Å²) < 4.78 is 5.22. The molecule has 5 heteroatoms. The molecular weight excluding hydrogens is 268 g/mol. The van der Waals surface area contributed by atoms with Gasteiger partial charge >= 0.3 is 5.97 Å². The van der Waals surface area contributed by atoms with Crippen LogP contribution >= 0.6 is 0 Å². The molecule has 21 heavy (non-hydrogen) atoms. The molecule has 0 atom stereocenters. The summed E-state index contributed by atoms with van der Waals surface area (Å²) >= 11 is 0. The van der Waals surface area contributed by atoms with Crippen molar-refractivity contribution in [2.24, 2.45) is 0 Å². The SMILES string of the molecule is CCCc1onc(-c2ccc3ncccc3c2)c1C(=O)O. The van der Waals surface area contributed by atoms with Gasteiger partial charge in [0, 0.05) is 23.6 Å². The smallest absolute Gasteiger partial charge is 0.341 e. The summed E-state index contributed by atoms with van der Waals surface area (Å²) in [6.45, 7) is 1.97. The number of benzene rings is 1. The van der Waals surface area contributed by atoms with Gasteiger partial charge < -0.3 is 9.63 Å². The average Bonchev–Trinajstić information content (AvgIpc) is 2.91. The number of aromatic nitrogens is 2. The van der Waals surface area contributed by atoms with Crippen molar-refractivity contribution in [3.05, 3.63) is 47.9 Å². The topological polar surface area (TPSA) is 76.2 Å². The lowest BCUT2D eigenvalue weighted by atomic mass is 10.0. The minimum absolute atomic E-state index is 0.153. The van der Waals surface area contributed by atoms with Crippen molar-refractivity contribution in [3.63, 3.8) is 0 Å². The summed E-state index contributed by atoms with van der Waals surface area (Å²) in [5, 5.41) is 14.3. The van der Waals surface area contributed by atoms with Crippen LogP contribution in [0.1, 0.15) is 29.5 Å². The fourth-order valence-corrected chi connectivity index (χ4v) is 2.36. The molecular formula is C16H14N2O3. The van der Waals surface area contributed by atoms with Crippen LogP contribution in [0, 0.1) is 0 Å². The van der Waals surface area contributed by atoms with E-state index in [1.165, 1.54) is 0 Å². The van der Waals surface area contributed by atoms with E-state index in [0.29, 0.717) is 17.9 Å². The summed E-state index contributed by atoms with van der Waals surface area (Å²) in [6, 6.07) is 9.32. The number of carboxylic acids is 1. The lowest BCUT2D eigenvalue weighted by Crippen LogP contribution is -2.01. The van der Waals surface area contributed by atoms with E-state index in [0.717, 1.165) is 22.9 Å². The first-order chi connectivity index (χ1) is 10.2. The summed E-state index contributed by atoms with van der Waals surface area (Å²) in [5.74, 6) is -0.590. The van der Waals surface area contributed by atoms with Crippen molar-refractivity contribution in [3.8, 4) is 11.3 Å². The van der Waals surface area contributed by atoms with Gasteiger partial charge in [0.15, 0.2) is 5.76 Å². The number of aromatic carboxylic acids is 1. The summed E-state index contributed by atoms with van der Waals surface area (Å²) in [4.78, 5) is 15.8. The van der Waals surface area contributed by atoms with Crippen molar-refractivity contribution in [1.29, 1.82) is 0 Å². The highest BCUT2D eigenvalue weighted by molar-refractivity contribution is 5.97. The predicted octanol–water partition coefficient (Wildman–Crippen LogP) is 3.54. The lowest BCUT2D eigenvalue weighted by Gasteiger charge is -2.01. The van der Waals surface area contributed by atoms with Crippen LogP contribution in [0.3, 0.4) is 0 Å². The van der Waals surface area contributed by atoms with Crippen LogP contribution in [-0.4, -0.2) is 21.2 Å². The molecule has 1 aromatic carbocycles. The van der Waals surface area contributed by atoms with Crippen LogP contribution in [0.5, 0.6) is 0 Å². The fraction of sp³-hybridized carbons (Fsp3) is 0.188. The Bertz CT molecular complexity index is 808. The third kappa shape index (κ3) is 2.38. The molecule has 5 nitrogen and oxygen atoms in total. The van der Waals surface area contributed by atoms with Gasteiger partial charge in [0.05, 0.1) is 5.52 Å². The maximum Gasteiger partial charge on any atom is 0.341 e. The second kappa shape index (κ2) is 5.36. The second-order valence-electron chi connectivity index (χ2n) is 4.80. The molecule has 106 valence electrons. The van der Waals surface area contributed by atoms with E-state index in [4.69, 9.17) is 4.52 Å². The molecule has 0 saturated heterocycles. The van der Waals surface area contributed by atoms with Gasteiger partial charge in [0.25, 0.3) is 0 Å². The fourth-order valence-electron chi connectivity index (χ4n) is 2.36. The number of carboxylic acid groups (broad SMARTS) is 1. The maximum absolute atomic E-state index is 11.5. The van der Waals surface area contributed by atoms with Crippen molar-refractivity contribution in [2.75, 3.05) is 0 Å². The van der Waals surface area contributed by atoms with Gasteiger partial charge in [-0.2, -0.15) is 0 Å². The zero-order chi connectivity index (χ0) is 14.8. The number of nitrogens with zero attached hydrogens (tertiary/aromatic N) is 2. The quantitative estimate of drug-likeness (QED) is 0.792. The lowest BCUT2D eigenvalue weighted by molar-refractivity contribution is 0.0695. The van der Waals surface area contributed by atoms with E-state index in [9.17, 15) is 9.90 Å². The number of carbonyl (C=O) groups is 1. The molecule has 0 aliphatic carbocycles. The van der Waals surface area contributed by atoms with Gasteiger partial charge in [-0.1, -0.05) is 24.2 Å². The Morgan fingerprint density at radius 1 is 1.33 bits per heavy atom. The Morgan fingerprint density at radius 2 is 2.19 bits per heavy atom. The first-order valence-electron chi connectivity index (χ1n) is 6.77. The molecule has 1 N–H and O–H groups in total. The van der Waals surface area contributed by atoms with Gasteiger partial charge in [-0.25, -0.2) is 4.79 Å². The number of aryl methyl sites for hydroxylation is 1. The third-order valence-electron chi connectivity index (χ3n) is 3.33. The van der Waals surface area contributed by atoms with Gasteiger partial charge in [-0.15, -0.1) is 0 Å². The van der Waals surface area contributed by atoms with Crippen LogP contribution in [0.15, 0.2) is 41.1 Å². The summed E-state index contributed by atoms with van der Waals surface area (Å²) in [6.07, 6.45) is 3.08. The van der Waals surface area contributed by atoms with E-state index < -0.39 is 5.97 Å². The largest absolute Gasteiger partial charge is 0.477 e. The van der Waals surface area contributed by atoms with E-state index in [1.54, 1.807) is 6.20 Å². The number of hydrogen-bond donors (Lipinski definition) is 1. The van der Waals surface area contributed by atoms with Gasteiger partial charge in [0.2, 0.25) is 0 Å². The average molecular weight is 282 g/mol. The zero-order valence-electron chi connectivity index (χ0n) is 11.5. The number of pyridine rings is 1. The second-order valence-corrected chi connectivity index (χ2v) is 4.80. The minimum atomic E-state index is -1.01. The zero-order valence-corrected chi connectivity index (χ0v) is 11.5. The molecule has 3 aromatic rings. The van der Waals surface area contributed by atoms with Crippen LogP contribution in [0.25, 0.3) is 22.2 Å². The molecule has 0 aliphatic heterocycles. The first-order valence-corrected chi connectivity index (χ1v) is 6.77. The number of fused-ring (bicyclic) bond motifs is 1. The highest BCUT2D eigenvalue weighted by Crippen LogP contribution is 2.28. The molecule has 0 saturated carbocycles. The van der Waals surface area contributed by atoms with E-state index in [-0.39, 0.29) is 5.56 Å². The Morgan fingerprint density at radius 3 is 2.95 bits per heavy atom. The molecule has 0 fully saturated rings. The highest BCUT2D eigenvalue weighted by Gasteiger charge is 2.23.